The molecule has 1 fully saturated rings. The monoisotopic (exact) mass is 208 g/mol. The van der Waals surface area contributed by atoms with Gasteiger partial charge in [0.25, 0.3) is 0 Å². The van der Waals surface area contributed by atoms with Gasteiger partial charge in [0.05, 0.1) is 6.04 Å². The van der Waals surface area contributed by atoms with E-state index in [0.717, 1.165) is 11.6 Å². The fourth-order valence-corrected chi connectivity index (χ4v) is 1.68. The third kappa shape index (κ3) is 2.04. The first kappa shape index (κ1) is 10.6. The van der Waals surface area contributed by atoms with Gasteiger partial charge in [0, 0.05) is 5.92 Å². The van der Waals surface area contributed by atoms with Crippen LogP contribution >= 0.6 is 0 Å². The van der Waals surface area contributed by atoms with Gasteiger partial charge in [-0.2, -0.15) is 5.10 Å². The average molecular weight is 208 g/mol. The molecular weight excluding hydrogens is 188 g/mol. The molecule has 0 unspecified atom stereocenters. The van der Waals surface area contributed by atoms with Gasteiger partial charge in [0.2, 0.25) is 0 Å². The molecule has 2 rings (SSSR count). The first-order valence-electron chi connectivity index (χ1n) is 5.66. The molecule has 0 spiro atoms. The summed E-state index contributed by atoms with van der Waals surface area (Å²) < 4.78 is 0. The van der Waals surface area contributed by atoms with Crippen LogP contribution in [0.1, 0.15) is 63.6 Å². The van der Waals surface area contributed by atoms with Crippen LogP contribution in [0.15, 0.2) is 0 Å². The number of nitrogens with zero attached hydrogens (tertiary/aromatic N) is 2. The Kier molecular flexibility index (Phi) is 2.54. The molecule has 0 saturated heterocycles. The summed E-state index contributed by atoms with van der Waals surface area (Å²) in [5, 5.41) is 7.24. The minimum absolute atomic E-state index is 0.0130. The van der Waals surface area contributed by atoms with Crippen molar-refractivity contribution in [3.05, 3.63) is 11.6 Å². The third-order valence-corrected chi connectivity index (χ3v) is 3.22. The van der Waals surface area contributed by atoms with E-state index in [1.807, 2.05) is 0 Å². The van der Waals surface area contributed by atoms with E-state index in [1.165, 1.54) is 19.3 Å². The lowest BCUT2D eigenvalue weighted by atomic mass is 9.85. The number of hydrogen-bond acceptors (Lipinski definition) is 3. The normalized spacial score (nSPS) is 20.0. The van der Waals surface area contributed by atoms with E-state index < -0.39 is 0 Å². The first-order valence-corrected chi connectivity index (χ1v) is 5.66. The molecule has 1 saturated carbocycles. The Balaban J connectivity index is 2.12. The van der Waals surface area contributed by atoms with Crippen molar-refractivity contribution in [2.45, 2.75) is 52.0 Å². The fraction of sp³-hybridized carbons (Fsp3) is 0.818. The van der Waals surface area contributed by atoms with Crippen LogP contribution in [0.2, 0.25) is 0 Å². The zero-order chi connectivity index (χ0) is 11.1. The minimum atomic E-state index is -0.0948. The van der Waals surface area contributed by atoms with Crippen molar-refractivity contribution in [3.8, 4) is 0 Å². The van der Waals surface area contributed by atoms with Gasteiger partial charge in [0.15, 0.2) is 5.82 Å². The van der Waals surface area contributed by atoms with Crippen LogP contribution in [-0.4, -0.2) is 15.2 Å². The van der Waals surface area contributed by atoms with Gasteiger partial charge in [-0.3, -0.25) is 5.10 Å². The molecule has 0 aromatic carbocycles. The van der Waals surface area contributed by atoms with Gasteiger partial charge < -0.3 is 5.73 Å². The summed E-state index contributed by atoms with van der Waals surface area (Å²) in [5.41, 5.74) is 6.11. The highest BCUT2D eigenvalue weighted by molar-refractivity contribution is 5.05. The summed E-state index contributed by atoms with van der Waals surface area (Å²) in [6.45, 7) is 6.32. The summed E-state index contributed by atoms with van der Waals surface area (Å²) in [6, 6.07) is -0.0948. The molecule has 1 heterocycles. The molecule has 0 aliphatic heterocycles. The largest absolute Gasteiger partial charge is 0.321 e. The fourth-order valence-electron chi connectivity index (χ4n) is 1.68. The molecule has 0 bridgehead atoms. The van der Waals surface area contributed by atoms with E-state index in [1.54, 1.807) is 0 Å². The second-order valence-corrected chi connectivity index (χ2v) is 5.55. The number of aromatic amines is 1. The lowest BCUT2D eigenvalue weighted by Gasteiger charge is -2.24. The quantitative estimate of drug-likeness (QED) is 0.782. The smallest absolute Gasteiger partial charge is 0.167 e. The molecule has 0 radical (unpaired) electrons. The van der Waals surface area contributed by atoms with Crippen molar-refractivity contribution in [2.24, 2.45) is 11.1 Å². The van der Waals surface area contributed by atoms with Crippen LogP contribution in [0, 0.1) is 5.41 Å². The van der Waals surface area contributed by atoms with Crippen LogP contribution in [0.3, 0.4) is 0 Å². The highest BCUT2D eigenvalue weighted by atomic mass is 15.2. The van der Waals surface area contributed by atoms with Gasteiger partial charge in [-0.05, 0) is 18.3 Å². The molecule has 1 aliphatic rings. The second-order valence-electron chi connectivity index (χ2n) is 5.55. The van der Waals surface area contributed by atoms with E-state index >= 15 is 0 Å². The Morgan fingerprint density at radius 2 is 2.07 bits per heavy atom. The maximum atomic E-state index is 6.10. The Morgan fingerprint density at radius 1 is 1.40 bits per heavy atom. The Hall–Kier alpha value is -0.900. The van der Waals surface area contributed by atoms with Gasteiger partial charge in [0.1, 0.15) is 5.82 Å². The molecule has 15 heavy (non-hydrogen) atoms. The number of hydrogen-bond donors (Lipinski definition) is 2. The third-order valence-electron chi connectivity index (χ3n) is 3.22. The topological polar surface area (TPSA) is 67.6 Å². The first-order chi connectivity index (χ1) is 6.98. The molecule has 1 aromatic heterocycles. The molecule has 0 amide bonds. The Bertz CT molecular complexity index is 333. The van der Waals surface area contributed by atoms with Crippen molar-refractivity contribution in [3.63, 3.8) is 0 Å². The number of nitrogens with one attached hydrogen (secondary N) is 1. The van der Waals surface area contributed by atoms with Crippen molar-refractivity contribution >= 4 is 0 Å². The van der Waals surface area contributed by atoms with Crippen molar-refractivity contribution < 1.29 is 0 Å². The van der Waals surface area contributed by atoms with E-state index in [0.29, 0.717) is 5.92 Å². The lowest BCUT2D eigenvalue weighted by molar-refractivity contribution is 0.315. The Morgan fingerprint density at radius 3 is 2.53 bits per heavy atom. The molecule has 3 N–H and O–H groups in total. The Labute approximate surface area is 90.7 Å². The SMILES string of the molecule is CC(C)(C)[C@@H](N)c1n[nH]c(C2CCC2)n1. The average Bonchev–Trinajstić information content (AvgIpc) is 2.47. The van der Waals surface area contributed by atoms with Gasteiger partial charge >= 0.3 is 0 Å². The summed E-state index contributed by atoms with van der Waals surface area (Å²) >= 11 is 0. The van der Waals surface area contributed by atoms with Crippen LogP contribution in [0.25, 0.3) is 0 Å². The number of H-pyrrole nitrogens is 1. The van der Waals surface area contributed by atoms with E-state index in [4.69, 9.17) is 5.73 Å². The van der Waals surface area contributed by atoms with Gasteiger partial charge in [-0.1, -0.05) is 27.2 Å². The standard InChI is InChI=1S/C11H20N4/c1-11(2,3)8(12)10-13-9(14-15-10)7-5-4-6-7/h7-8H,4-6,12H2,1-3H3,(H,13,14,15)/t8-/m0/s1. The van der Waals surface area contributed by atoms with E-state index in [9.17, 15) is 0 Å². The predicted molar refractivity (Wildman–Crippen MR) is 59.4 cm³/mol. The second kappa shape index (κ2) is 3.59. The summed E-state index contributed by atoms with van der Waals surface area (Å²) in [7, 11) is 0. The zero-order valence-electron chi connectivity index (χ0n) is 9.75. The van der Waals surface area contributed by atoms with Gasteiger partial charge in [-0.15, -0.1) is 0 Å². The molecule has 1 aromatic rings. The van der Waals surface area contributed by atoms with Crippen molar-refractivity contribution in [1.29, 1.82) is 0 Å². The van der Waals surface area contributed by atoms with Crippen molar-refractivity contribution in [1.82, 2.24) is 15.2 Å². The molecular formula is C11H20N4. The zero-order valence-corrected chi connectivity index (χ0v) is 9.75. The highest BCUT2D eigenvalue weighted by Crippen LogP contribution is 2.35. The van der Waals surface area contributed by atoms with Gasteiger partial charge in [-0.25, -0.2) is 4.98 Å². The maximum Gasteiger partial charge on any atom is 0.167 e. The summed E-state index contributed by atoms with van der Waals surface area (Å²) in [5.74, 6) is 2.37. The highest BCUT2D eigenvalue weighted by Gasteiger charge is 2.28. The van der Waals surface area contributed by atoms with Crippen LogP contribution in [-0.2, 0) is 0 Å². The molecule has 84 valence electrons. The van der Waals surface area contributed by atoms with Crippen molar-refractivity contribution in [2.75, 3.05) is 0 Å². The molecule has 4 nitrogen and oxygen atoms in total. The maximum absolute atomic E-state index is 6.10. The summed E-state index contributed by atoms with van der Waals surface area (Å²) in [6.07, 6.45) is 3.78. The van der Waals surface area contributed by atoms with Crippen LogP contribution in [0.4, 0.5) is 0 Å². The van der Waals surface area contributed by atoms with E-state index in [2.05, 4.69) is 36.0 Å². The minimum Gasteiger partial charge on any atom is -0.321 e. The number of nitrogens with two attached hydrogens (primary N) is 1. The van der Waals surface area contributed by atoms with Crippen LogP contribution < -0.4 is 5.73 Å². The molecule has 4 heteroatoms. The number of aromatic nitrogens is 3. The predicted octanol–water partition coefficient (Wildman–Crippen LogP) is 2.12. The molecule has 1 aliphatic carbocycles. The number of rotatable bonds is 2. The lowest BCUT2D eigenvalue weighted by Crippen LogP contribution is -2.27. The summed E-state index contributed by atoms with van der Waals surface area (Å²) in [4.78, 5) is 4.51. The van der Waals surface area contributed by atoms with E-state index in [-0.39, 0.29) is 11.5 Å². The van der Waals surface area contributed by atoms with Crippen LogP contribution in [0.5, 0.6) is 0 Å². The molecule has 1 atom stereocenters.